The Balaban J connectivity index is 0.00000147. The third kappa shape index (κ3) is 3.48. The summed E-state index contributed by atoms with van der Waals surface area (Å²) in [5.41, 5.74) is 1.22. The van der Waals surface area contributed by atoms with Crippen LogP contribution in [0, 0.1) is 10.1 Å². The first-order valence-electron chi connectivity index (χ1n) is 6.92. The van der Waals surface area contributed by atoms with Gasteiger partial charge >= 0.3 is 0 Å². The highest BCUT2D eigenvalue weighted by Crippen LogP contribution is 2.22. The SMILES string of the molecule is Cl.O=[N+]([O-])c1cccc(CN2CCC3CCC(C2)N3)c1. The third-order valence-corrected chi connectivity index (χ3v) is 4.13. The lowest BCUT2D eigenvalue weighted by Gasteiger charge is -2.23. The highest BCUT2D eigenvalue weighted by molar-refractivity contribution is 5.85. The smallest absolute Gasteiger partial charge is 0.269 e. The molecule has 1 aromatic rings. The molecule has 0 radical (unpaired) electrons. The zero-order valence-corrected chi connectivity index (χ0v) is 12.1. The summed E-state index contributed by atoms with van der Waals surface area (Å²) in [6.07, 6.45) is 3.75. The lowest BCUT2D eigenvalue weighted by molar-refractivity contribution is -0.384. The molecule has 0 saturated carbocycles. The van der Waals surface area contributed by atoms with Crippen LogP contribution in [0.1, 0.15) is 24.8 Å². The molecule has 110 valence electrons. The molecule has 2 bridgehead atoms. The van der Waals surface area contributed by atoms with Gasteiger partial charge < -0.3 is 5.32 Å². The van der Waals surface area contributed by atoms with Crippen LogP contribution in [0.25, 0.3) is 0 Å². The third-order valence-electron chi connectivity index (χ3n) is 4.13. The fraction of sp³-hybridized carbons (Fsp3) is 0.571. The van der Waals surface area contributed by atoms with Crippen molar-refractivity contribution in [2.75, 3.05) is 13.1 Å². The van der Waals surface area contributed by atoms with Crippen LogP contribution in [0.2, 0.25) is 0 Å². The van der Waals surface area contributed by atoms with Crippen molar-refractivity contribution in [3.63, 3.8) is 0 Å². The number of fused-ring (bicyclic) bond motifs is 2. The molecule has 2 aliphatic heterocycles. The molecule has 2 atom stereocenters. The minimum Gasteiger partial charge on any atom is -0.310 e. The number of hydrogen-bond acceptors (Lipinski definition) is 4. The van der Waals surface area contributed by atoms with E-state index in [1.54, 1.807) is 18.2 Å². The Bertz CT molecular complexity index is 483. The predicted octanol–water partition coefficient (Wildman–Crippen LogP) is 2.34. The maximum absolute atomic E-state index is 10.8. The summed E-state index contributed by atoms with van der Waals surface area (Å²) < 4.78 is 0. The van der Waals surface area contributed by atoms with E-state index in [1.165, 1.54) is 19.3 Å². The van der Waals surface area contributed by atoms with Crippen LogP contribution in [0.5, 0.6) is 0 Å². The highest BCUT2D eigenvalue weighted by atomic mass is 35.5. The van der Waals surface area contributed by atoms with Gasteiger partial charge in [0.25, 0.3) is 5.69 Å². The summed E-state index contributed by atoms with van der Waals surface area (Å²) in [6.45, 7) is 2.95. The molecule has 1 aromatic carbocycles. The molecule has 2 aliphatic rings. The van der Waals surface area contributed by atoms with Crippen molar-refractivity contribution in [2.24, 2.45) is 0 Å². The molecular formula is C14H20ClN3O2. The lowest BCUT2D eigenvalue weighted by Crippen LogP contribution is -2.34. The van der Waals surface area contributed by atoms with Crippen LogP contribution in [0.4, 0.5) is 5.69 Å². The molecule has 0 aliphatic carbocycles. The van der Waals surface area contributed by atoms with Crippen molar-refractivity contribution in [3.8, 4) is 0 Å². The molecule has 3 rings (SSSR count). The van der Waals surface area contributed by atoms with Gasteiger partial charge in [-0.05, 0) is 24.8 Å². The zero-order chi connectivity index (χ0) is 13.2. The van der Waals surface area contributed by atoms with Gasteiger partial charge in [-0.1, -0.05) is 12.1 Å². The van der Waals surface area contributed by atoms with E-state index >= 15 is 0 Å². The van der Waals surface area contributed by atoms with Crippen LogP contribution < -0.4 is 5.32 Å². The minimum atomic E-state index is -0.324. The van der Waals surface area contributed by atoms with Crippen molar-refractivity contribution < 1.29 is 4.92 Å². The second-order valence-electron chi connectivity index (χ2n) is 5.59. The number of likely N-dealkylation sites (tertiary alicyclic amines) is 1. The number of nitrogens with zero attached hydrogens (tertiary/aromatic N) is 2. The Hall–Kier alpha value is -1.17. The molecule has 2 unspecified atom stereocenters. The van der Waals surface area contributed by atoms with Gasteiger partial charge in [0.15, 0.2) is 0 Å². The van der Waals surface area contributed by atoms with Crippen molar-refractivity contribution in [3.05, 3.63) is 39.9 Å². The maximum atomic E-state index is 10.8. The molecule has 0 aromatic heterocycles. The fourth-order valence-electron chi connectivity index (χ4n) is 3.19. The second kappa shape index (κ2) is 6.52. The van der Waals surface area contributed by atoms with E-state index in [2.05, 4.69) is 10.2 Å². The predicted molar refractivity (Wildman–Crippen MR) is 80.2 cm³/mol. The molecule has 0 amide bonds. The normalized spacial score (nSPS) is 25.8. The number of nitro groups is 1. The van der Waals surface area contributed by atoms with Gasteiger partial charge in [0.1, 0.15) is 0 Å². The number of non-ortho nitro benzene ring substituents is 1. The number of rotatable bonds is 3. The van der Waals surface area contributed by atoms with Gasteiger partial charge in [0, 0.05) is 43.9 Å². The van der Waals surface area contributed by atoms with E-state index in [-0.39, 0.29) is 23.0 Å². The Morgan fingerprint density at radius 3 is 2.90 bits per heavy atom. The largest absolute Gasteiger partial charge is 0.310 e. The Morgan fingerprint density at radius 2 is 2.10 bits per heavy atom. The summed E-state index contributed by atoms with van der Waals surface area (Å²) in [7, 11) is 0. The minimum absolute atomic E-state index is 0. The van der Waals surface area contributed by atoms with Gasteiger partial charge in [-0.3, -0.25) is 15.0 Å². The van der Waals surface area contributed by atoms with Gasteiger partial charge in [-0.15, -0.1) is 12.4 Å². The molecule has 0 spiro atoms. The summed E-state index contributed by atoms with van der Waals surface area (Å²) in [5, 5.41) is 14.4. The second-order valence-corrected chi connectivity index (χ2v) is 5.59. The maximum Gasteiger partial charge on any atom is 0.269 e. The molecule has 2 saturated heterocycles. The van der Waals surface area contributed by atoms with E-state index in [1.807, 2.05) is 6.07 Å². The van der Waals surface area contributed by atoms with Crippen molar-refractivity contribution >= 4 is 18.1 Å². The molecular weight excluding hydrogens is 278 g/mol. The fourth-order valence-corrected chi connectivity index (χ4v) is 3.19. The van der Waals surface area contributed by atoms with E-state index in [9.17, 15) is 10.1 Å². The first-order chi connectivity index (χ1) is 9.20. The number of halogens is 1. The molecule has 1 N–H and O–H groups in total. The number of benzene rings is 1. The average molecular weight is 298 g/mol. The monoisotopic (exact) mass is 297 g/mol. The van der Waals surface area contributed by atoms with Gasteiger partial charge in [0.2, 0.25) is 0 Å². The van der Waals surface area contributed by atoms with Crippen LogP contribution in [0.3, 0.4) is 0 Å². The number of nitro benzene ring substituents is 1. The van der Waals surface area contributed by atoms with Crippen molar-refractivity contribution in [2.45, 2.75) is 37.9 Å². The highest BCUT2D eigenvalue weighted by Gasteiger charge is 2.29. The summed E-state index contributed by atoms with van der Waals surface area (Å²) in [5.74, 6) is 0. The molecule has 6 heteroatoms. The zero-order valence-electron chi connectivity index (χ0n) is 11.3. The van der Waals surface area contributed by atoms with Crippen LogP contribution in [-0.4, -0.2) is 35.0 Å². The molecule has 2 fully saturated rings. The van der Waals surface area contributed by atoms with E-state index < -0.39 is 0 Å². The van der Waals surface area contributed by atoms with Crippen LogP contribution in [0.15, 0.2) is 24.3 Å². The summed E-state index contributed by atoms with van der Waals surface area (Å²) >= 11 is 0. The van der Waals surface area contributed by atoms with Crippen molar-refractivity contribution in [1.82, 2.24) is 10.2 Å². The standard InChI is InChI=1S/C14H19N3O2.ClH/c18-17(19)14-3-1-2-11(8-14)9-16-7-6-12-4-5-13(10-16)15-12;/h1-3,8,12-13,15H,4-7,9-10H2;1H. The average Bonchev–Trinajstić information content (AvgIpc) is 2.73. The summed E-state index contributed by atoms with van der Waals surface area (Å²) in [6, 6.07) is 8.27. The Morgan fingerprint density at radius 1 is 1.30 bits per heavy atom. The molecule has 2 heterocycles. The van der Waals surface area contributed by atoms with E-state index in [0.717, 1.165) is 25.2 Å². The topological polar surface area (TPSA) is 58.4 Å². The molecule has 5 nitrogen and oxygen atoms in total. The lowest BCUT2D eigenvalue weighted by atomic mass is 10.1. The first-order valence-corrected chi connectivity index (χ1v) is 6.92. The quantitative estimate of drug-likeness (QED) is 0.687. The van der Waals surface area contributed by atoms with Gasteiger partial charge in [-0.25, -0.2) is 0 Å². The van der Waals surface area contributed by atoms with E-state index in [0.29, 0.717) is 12.1 Å². The van der Waals surface area contributed by atoms with Gasteiger partial charge in [0.05, 0.1) is 4.92 Å². The van der Waals surface area contributed by atoms with Crippen molar-refractivity contribution in [1.29, 1.82) is 0 Å². The van der Waals surface area contributed by atoms with Crippen LogP contribution >= 0.6 is 12.4 Å². The van der Waals surface area contributed by atoms with E-state index in [4.69, 9.17) is 0 Å². The Labute approximate surface area is 124 Å². The Kier molecular flexibility index (Phi) is 4.96. The molecule has 20 heavy (non-hydrogen) atoms. The summed E-state index contributed by atoms with van der Waals surface area (Å²) in [4.78, 5) is 12.9. The van der Waals surface area contributed by atoms with Crippen LogP contribution in [-0.2, 0) is 6.54 Å². The van der Waals surface area contributed by atoms with Gasteiger partial charge in [-0.2, -0.15) is 0 Å². The first kappa shape index (κ1) is 15.2. The number of hydrogen-bond donors (Lipinski definition) is 1. The number of nitrogens with one attached hydrogen (secondary N) is 1.